The van der Waals surface area contributed by atoms with E-state index in [-0.39, 0.29) is 32.0 Å². The van der Waals surface area contributed by atoms with Gasteiger partial charge in [-0.25, -0.2) is 4.39 Å². The Morgan fingerprint density at radius 3 is 2.62 bits per heavy atom. The Balaban J connectivity index is 1.81. The van der Waals surface area contributed by atoms with Gasteiger partial charge in [-0.1, -0.05) is 0 Å². The van der Waals surface area contributed by atoms with Crippen LogP contribution in [0.4, 0.5) is 23.2 Å². The van der Waals surface area contributed by atoms with Crippen LogP contribution in [0, 0.1) is 11.7 Å². The second-order valence-electron chi connectivity index (χ2n) is 7.16. The van der Waals surface area contributed by atoms with Gasteiger partial charge in [0.15, 0.2) is 0 Å². The van der Waals surface area contributed by atoms with E-state index < -0.39 is 24.5 Å². The number of anilines is 1. The fourth-order valence-electron chi connectivity index (χ4n) is 3.35. The molecule has 0 saturated heterocycles. The number of carbonyl (C=O) groups is 1. The largest absolute Gasteiger partial charge is 0.391 e. The van der Waals surface area contributed by atoms with Gasteiger partial charge in [0.25, 0.3) is 0 Å². The number of hydrogen-bond donors (Lipinski definition) is 1. The summed E-state index contributed by atoms with van der Waals surface area (Å²) in [5.41, 5.74) is 1.12. The van der Waals surface area contributed by atoms with Gasteiger partial charge in [0.2, 0.25) is 5.91 Å². The van der Waals surface area contributed by atoms with Gasteiger partial charge < -0.3 is 14.9 Å². The van der Waals surface area contributed by atoms with Crippen LogP contribution in [0.5, 0.6) is 0 Å². The first-order valence-electron chi connectivity index (χ1n) is 8.77. The summed E-state index contributed by atoms with van der Waals surface area (Å²) in [6.07, 6.45) is -5.08. The van der Waals surface area contributed by atoms with E-state index in [0.29, 0.717) is 23.7 Å². The molecule has 1 amide bonds. The fraction of sp³-hybridized carbons (Fsp3) is 0.611. The minimum absolute atomic E-state index is 0.0953. The van der Waals surface area contributed by atoms with Crippen molar-refractivity contribution in [3.05, 3.63) is 29.6 Å². The van der Waals surface area contributed by atoms with E-state index in [0.717, 1.165) is 12.8 Å². The first-order valence-corrected chi connectivity index (χ1v) is 8.77. The van der Waals surface area contributed by atoms with Crippen LogP contribution in [0.2, 0.25) is 0 Å². The van der Waals surface area contributed by atoms with Gasteiger partial charge in [-0.2, -0.15) is 13.2 Å². The van der Waals surface area contributed by atoms with Crippen LogP contribution in [0.25, 0.3) is 0 Å². The quantitative estimate of drug-likeness (QED) is 0.806. The van der Waals surface area contributed by atoms with Crippen molar-refractivity contribution in [1.29, 1.82) is 0 Å². The minimum Gasteiger partial charge on any atom is -0.391 e. The number of rotatable bonds is 5. The van der Waals surface area contributed by atoms with Gasteiger partial charge in [-0.3, -0.25) is 4.79 Å². The summed E-state index contributed by atoms with van der Waals surface area (Å²) in [5.74, 6) is -0.0684. The number of aliphatic hydroxyl groups is 1. The van der Waals surface area contributed by atoms with Gasteiger partial charge in [0.05, 0.1) is 12.5 Å². The van der Waals surface area contributed by atoms with Crippen molar-refractivity contribution in [3.8, 4) is 0 Å². The van der Waals surface area contributed by atoms with E-state index in [2.05, 4.69) is 0 Å². The van der Waals surface area contributed by atoms with Crippen molar-refractivity contribution in [2.75, 3.05) is 24.5 Å². The van der Waals surface area contributed by atoms with Gasteiger partial charge >= 0.3 is 6.18 Å². The van der Waals surface area contributed by atoms with Crippen LogP contribution in [0.3, 0.4) is 0 Å². The maximum Gasteiger partial charge on any atom is 0.391 e. The van der Waals surface area contributed by atoms with Crippen molar-refractivity contribution < 1.29 is 27.5 Å². The summed E-state index contributed by atoms with van der Waals surface area (Å²) >= 11 is 0. The third-order valence-corrected chi connectivity index (χ3v) is 4.77. The zero-order valence-electron chi connectivity index (χ0n) is 14.3. The Bertz CT molecular complexity index is 661. The van der Waals surface area contributed by atoms with E-state index in [1.54, 1.807) is 9.80 Å². The Hall–Kier alpha value is -1.83. The van der Waals surface area contributed by atoms with E-state index >= 15 is 0 Å². The number of carbonyl (C=O) groups excluding carboxylic acids is 1. The Morgan fingerprint density at radius 1 is 1.23 bits per heavy atom. The predicted octanol–water partition coefficient (Wildman–Crippen LogP) is 3.09. The molecule has 1 heterocycles. The molecule has 1 aromatic rings. The van der Waals surface area contributed by atoms with E-state index in [1.807, 2.05) is 0 Å². The molecule has 0 spiro atoms. The minimum atomic E-state index is -4.47. The molecule has 0 bridgehead atoms. The molecule has 0 aromatic heterocycles. The number of amides is 1. The molecule has 3 rings (SSSR count). The first-order chi connectivity index (χ1) is 12.2. The molecule has 1 unspecified atom stereocenters. The Labute approximate surface area is 149 Å². The highest BCUT2D eigenvalue weighted by molar-refractivity contribution is 5.78. The van der Waals surface area contributed by atoms with Gasteiger partial charge in [0, 0.05) is 38.3 Å². The van der Waals surface area contributed by atoms with E-state index in [9.17, 15) is 27.5 Å². The topological polar surface area (TPSA) is 43.8 Å². The molecule has 144 valence electrons. The van der Waals surface area contributed by atoms with E-state index in [1.165, 1.54) is 18.2 Å². The summed E-state index contributed by atoms with van der Waals surface area (Å²) in [7, 11) is 0. The summed E-state index contributed by atoms with van der Waals surface area (Å²) in [6, 6.07) is 4.07. The average molecular weight is 374 g/mol. The first kappa shape index (κ1) is 18.9. The molecule has 1 atom stereocenters. The third-order valence-electron chi connectivity index (χ3n) is 4.77. The lowest BCUT2D eigenvalue weighted by atomic mass is 10.1. The highest BCUT2D eigenvalue weighted by Gasteiger charge is 2.33. The highest BCUT2D eigenvalue weighted by atomic mass is 19.4. The summed E-state index contributed by atoms with van der Waals surface area (Å²) in [4.78, 5) is 15.7. The number of β-amino-alcohol motifs (C(OH)–C–C–N with tert-alkyl or cyclic N) is 1. The number of alkyl halides is 3. The molecule has 1 aliphatic heterocycles. The summed E-state index contributed by atoms with van der Waals surface area (Å²) < 4.78 is 51.2. The van der Waals surface area contributed by atoms with Gasteiger partial charge in [0.1, 0.15) is 5.82 Å². The van der Waals surface area contributed by atoms with Crippen molar-refractivity contribution >= 4 is 11.6 Å². The normalized spacial score (nSPS) is 19.8. The maximum absolute atomic E-state index is 13.7. The number of nitrogens with zero attached hydrogens (tertiary/aromatic N) is 2. The molecule has 1 N–H and O–H groups in total. The smallest absolute Gasteiger partial charge is 0.391 e. The lowest BCUT2D eigenvalue weighted by molar-refractivity contribution is -0.152. The van der Waals surface area contributed by atoms with Crippen LogP contribution in [0.15, 0.2) is 18.2 Å². The zero-order chi connectivity index (χ0) is 18.9. The third kappa shape index (κ3) is 5.09. The Kier molecular flexibility index (Phi) is 5.41. The molecule has 0 radical (unpaired) electrons. The molecule has 26 heavy (non-hydrogen) atoms. The fourth-order valence-corrected chi connectivity index (χ4v) is 3.35. The highest BCUT2D eigenvalue weighted by Crippen LogP contribution is 2.33. The number of fused-ring (bicyclic) bond motifs is 1. The van der Waals surface area contributed by atoms with Crippen LogP contribution >= 0.6 is 0 Å². The number of aliphatic hydroxyl groups excluding tert-OH is 1. The second-order valence-corrected chi connectivity index (χ2v) is 7.16. The van der Waals surface area contributed by atoms with Crippen LogP contribution in [-0.2, 0) is 11.3 Å². The molecule has 1 fully saturated rings. The molecular formula is C18H22F4N2O2. The summed E-state index contributed by atoms with van der Waals surface area (Å²) in [6.45, 7) is 0.793. The molecule has 1 saturated carbocycles. The maximum atomic E-state index is 13.7. The molecular weight excluding hydrogens is 352 g/mol. The van der Waals surface area contributed by atoms with Crippen molar-refractivity contribution in [2.45, 2.75) is 44.5 Å². The molecule has 2 aliphatic rings. The second kappa shape index (κ2) is 7.42. The summed E-state index contributed by atoms with van der Waals surface area (Å²) in [5, 5.41) is 9.79. The van der Waals surface area contributed by atoms with Gasteiger partial charge in [-0.15, -0.1) is 0 Å². The monoisotopic (exact) mass is 374 g/mol. The average Bonchev–Trinajstić information content (AvgIpc) is 3.32. The standard InChI is InChI=1S/C18H22F4N2O2/c19-14-3-4-16-13(7-14)10-24(9-12-1-2-12)17(26)5-6-23(16)11-15(25)8-18(20,21)22/h3-4,7,12,15,25H,1-2,5-6,8-11H2. The van der Waals surface area contributed by atoms with Crippen molar-refractivity contribution in [3.63, 3.8) is 0 Å². The van der Waals surface area contributed by atoms with Crippen molar-refractivity contribution in [2.24, 2.45) is 5.92 Å². The zero-order valence-corrected chi connectivity index (χ0v) is 14.3. The lowest BCUT2D eigenvalue weighted by Gasteiger charge is -2.34. The number of halogens is 4. The molecule has 1 aromatic carbocycles. The number of hydrogen-bond acceptors (Lipinski definition) is 3. The molecule has 4 nitrogen and oxygen atoms in total. The lowest BCUT2D eigenvalue weighted by Crippen LogP contribution is -2.42. The SMILES string of the molecule is O=C1CCN(CC(O)CC(F)(F)F)c2ccc(F)cc2CN1CC1CC1. The molecule has 8 heteroatoms. The van der Waals surface area contributed by atoms with Crippen LogP contribution < -0.4 is 4.90 Å². The van der Waals surface area contributed by atoms with Crippen molar-refractivity contribution in [1.82, 2.24) is 4.90 Å². The van der Waals surface area contributed by atoms with Crippen LogP contribution in [0.1, 0.15) is 31.2 Å². The molecule has 1 aliphatic carbocycles. The predicted molar refractivity (Wildman–Crippen MR) is 88.0 cm³/mol. The Morgan fingerprint density at radius 2 is 1.96 bits per heavy atom. The van der Waals surface area contributed by atoms with Gasteiger partial charge in [-0.05, 0) is 42.5 Å². The van der Waals surface area contributed by atoms with Crippen LogP contribution in [-0.4, -0.2) is 47.8 Å². The number of benzene rings is 1. The van der Waals surface area contributed by atoms with E-state index in [4.69, 9.17) is 0 Å².